The summed E-state index contributed by atoms with van der Waals surface area (Å²) in [4.78, 5) is 18.4. The number of nitrogens with zero attached hydrogens (tertiary/aromatic N) is 6. The highest BCUT2D eigenvalue weighted by atomic mass is 35.5. The van der Waals surface area contributed by atoms with Crippen molar-refractivity contribution in [2.24, 2.45) is 7.05 Å². The van der Waals surface area contributed by atoms with Crippen LogP contribution >= 0.6 is 11.6 Å². The summed E-state index contributed by atoms with van der Waals surface area (Å²) in [6, 6.07) is 0. The maximum absolute atomic E-state index is 5.84. The fourth-order valence-electron chi connectivity index (χ4n) is 1.45. The molecule has 7 nitrogen and oxygen atoms in total. The van der Waals surface area contributed by atoms with Crippen molar-refractivity contribution >= 4 is 23.5 Å². The number of aryl methyl sites for hydroxylation is 1. The number of aromatic nitrogens is 5. The average molecular weight is 268 g/mol. The molecule has 2 aromatic heterocycles. The van der Waals surface area contributed by atoms with Crippen molar-refractivity contribution in [1.82, 2.24) is 24.5 Å². The zero-order chi connectivity index (χ0) is 13.1. The second-order valence-corrected chi connectivity index (χ2v) is 4.13. The molecule has 0 bridgehead atoms. The Hall–Kier alpha value is -1.89. The zero-order valence-electron chi connectivity index (χ0n) is 10.4. The quantitative estimate of drug-likeness (QED) is 0.889. The molecule has 0 aliphatic carbocycles. The van der Waals surface area contributed by atoms with E-state index in [1.54, 1.807) is 13.2 Å². The lowest BCUT2D eigenvalue weighted by molar-refractivity contribution is 0.745. The second kappa shape index (κ2) is 5.18. The lowest BCUT2D eigenvalue weighted by atomic mass is 10.5. The molecule has 0 fully saturated rings. The number of nitrogens with one attached hydrogen (secondary N) is 1. The molecule has 8 heteroatoms. The van der Waals surface area contributed by atoms with Crippen LogP contribution in [0.2, 0.25) is 5.28 Å². The van der Waals surface area contributed by atoms with Crippen LogP contribution in [0.1, 0.15) is 5.82 Å². The molecular weight excluding hydrogens is 254 g/mol. The molecule has 0 radical (unpaired) electrons. The van der Waals surface area contributed by atoms with E-state index in [2.05, 4.69) is 25.3 Å². The van der Waals surface area contributed by atoms with Crippen LogP contribution in [0.4, 0.5) is 11.9 Å². The minimum atomic E-state index is 0.163. The first kappa shape index (κ1) is 12.6. The summed E-state index contributed by atoms with van der Waals surface area (Å²) in [5.41, 5.74) is 0. The fourth-order valence-corrected chi connectivity index (χ4v) is 1.61. The summed E-state index contributed by atoms with van der Waals surface area (Å²) in [7, 11) is 5.55. The normalized spacial score (nSPS) is 10.4. The molecule has 0 aromatic carbocycles. The van der Waals surface area contributed by atoms with Crippen molar-refractivity contribution in [3.05, 3.63) is 23.5 Å². The number of halogens is 1. The summed E-state index contributed by atoms with van der Waals surface area (Å²) in [6.45, 7) is 0.590. The number of rotatable bonds is 4. The number of imidazole rings is 1. The van der Waals surface area contributed by atoms with Gasteiger partial charge in [-0.25, -0.2) is 4.98 Å². The molecule has 0 aliphatic rings. The molecule has 18 heavy (non-hydrogen) atoms. The molecule has 96 valence electrons. The largest absolute Gasteiger partial charge is 0.357 e. The Morgan fingerprint density at radius 1 is 1.39 bits per heavy atom. The molecule has 0 spiro atoms. The fraction of sp³-hybridized carbons (Fsp3) is 0.400. The van der Waals surface area contributed by atoms with Crippen molar-refractivity contribution < 1.29 is 0 Å². The molecule has 2 heterocycles. The number of hydrogen-bond acceptors (Lipinski definition) is 6. The van der Waals surface area contributed by atoms with Gasteiger partial charge in [0.25, 0.3) is 0 Å². The van der Waals surface area contributed by atoms with Gasteiger partial charge in [-0.15, -0.1) is 0 Å². The van der Waals surface area contributed by atoms with E-state index in [1.807, 2.05) is 29.8 Å². The molecule has 0 amide bonds. The van der Waals surface area contributed by atoms with Gasteiger partial charge in [-0.2, -0.15) is 15.0 Å². The molecular formula is C10H14ClN7. The highest BCUT2D eigenvalue weighted by molar-refractivity contribution is 6.28. The second-order valence-electron chi connectivity index (χ2n) is 3.79. The molecule has 0 aliphatic heterocycles. The van der Waals surface area contributed by atoms with Crippen LogP contribution in [0.5, 0.6) is 0 Å². The molecule has 0 saturated heterocycles. The number of anilines is 2. The summed E-state index contributed by atoms with van der Waals surface area (Å²) in [5.74, 6) is 1.86. The summed E-state index contributed by atoms with van der Waals surface area (Å²) < 4.78 is 1.94. The van der Waals surface area contributed by atoms with Gasteiger partial charge in [0.1, 0.15) is 5.82 Å². The van der Waals surface area contributed by atoms with Crippen LogP contribution < -0.4 is 10.2 Å². The van der Waals surface area contributed by atoms with E-state index in [4.69, 9.17) is 11.6 Å². The first-order chi connectivity index (χ1) is 8.60. The van der Waals surface area contributed by atoms with Gasteiger partial charge in [-0.1, -0.05) is 0 Å². The van der Waals surface area contributed by atoms with Crippen molar-refractivity contribution in [3.8, 4) is 0 Å². The van der Waals surface area contributed by atoms with Gasteiger partial charge in [0.2, 0.25) is 17.2 Å². The van der Waals surface area contributed by atoms with Gasteiger partial charge in [0, 0.05) is 33.5 Å². The van der Waals surface area contributed by atoms with Gasteiger partial charge in [0.05, 0.1) is 6.54 Å². The third-order valence-corrected chi connectivity index (χ3v) is 2.63. The smallest absolute Gasteiger partial charge is 0.231 e. The van der Waals surface area contributed by atoms with E-state index in [1.165, 1.54) is 0 Å². The maximum atomic E-state index is 5.84. The Bertz CT molecular complexity index is 539. The van der Waals surface area contributed by atoms with Crippen LogP contribution in [-0.2, 0) is 13.6 Å². The van der Waals surface area contributed by atoms with E-state index in [0.29, 0.717) is 18.4 Å². The standard InChI is InChI=1S/C10H14ClN7/c1-12-9-14-8(11)15-10(16-9)18(3)6-7-13-4-5-17(7)2/h4-5H,6H2,1-3H3,(H,12,14,15,16). The lowest BCUT2D eigenvalue weighted by Gasteiger charge is -2.17. The predicted octanol–water partition coefficient (Wildman–Crippen LogP) is 0.937. The van der Waals surface area contributed by atoms with E-state index >= 15 is 0 Å². The topological polar surface area (TPSA) is 71.8 Å². The summed E-state index contributed by atoms with van der Waals surface area (Å²) in [6.07, 6.45) is 3.64. The molecule has 0 atom stereocenters. The Kier molecular flexibility index (Phi) is 3.61. The van der Waals surface area contributed by atoms with E-state index < -0.39 is 0 Å². The molecule has 0 saturated carbocycles. The van der Waals surface area contributed by atoms with Crippen molar-refractivity contribution in [1.29, 1.82) is 0 Å². The SMILES string of the molecule is CNc1nc(Cl)nc(N(C)Cc2nccn2C)n1. The molecule has 2 aromatic rings. The summed E-state index contributed by atoms with van der Waals surface area (Å²) >= 11 is 5.84. The van der Waals surface area contributed by atoms with E-state index in [-0.39, 0.29) is 5.28 Å². The lowest BCUT2D eigenvalue weighted by Crippen LogP contribution is -2.22. The number of hydrogen-bond donors (Lipinski definition) is 1. The molecule has 1 N–H and O–H groups in total. The monoisotopic (exact) mass is 267 g/mol. The first-order valence-electron chi connectivity index (χ1n) is 5.37. The van der Waals surface area contributed by atoms with E-state index in [9.17, 15) is 0 Å². The third kappa shape index (κ3) is 2.67. The van der Waals surface area contributed by atoms with Crippen LogP contribution in [0.15, 0.2) is 12.4 Å². The third-order valence-electron chi connectivity index (χ3n) is 2.46. The minimum absolute atomic E-state index is 0.163. The van der Waals surface area contributed by atoms with E-state index in [0.717, 1.165) is 5.82 Å². The Balaban J connectivity index is 2.20. The zero-order valence-corrected chi connectivity index (χ0v) is 11.2. The van der Waals surface area contributed by atoms with Gasteiger partial charge >= 0.3 is 0 Å². The van der Waals surface area contributed by atoms with Gasteiger partial charge in [0.15, 0.2) is 0 Å². The molecule has 0 unspecified atom stereocenters. The maximum Gasteiger partial charge on any atom is 0.231 e. The van der Waals surface area contributed by atoms with Gasteiger partial charge < -0.3 is 14.8 Å². The molecule has 2 rings (SSSR count). The van der Waals surface area contributed by atoms with Gasteiger partial charge in [-0.3, -0.25) is 0 Å². The van der Waals surface area contributed by atoms with Crippen LogP contribution in [0.25, 0.3) is 0 Å². The van der Waals surface area contributed by atoms with Gasteiger partial charge in [-0.05, 0) is 11.6 Å². The minimum Gasteiger partial charge on any atom is -0.357 e. The summed E-state index contributed by atoms with van der Waals surface area (Å²) in [5, 5.41) is 3.00. The van der Waals surface area contributed by atoms with Crippen LogP contribution in [-0.4, -0.2) is 38.6 Å². The predicted molar refractivity (Wildman–Crippen MR) is 69.7 cm³/mol. The van der Waals surface area contributed by atoms with Crippen LogP contribution in [0.3, 0.4) is 0 Å². The highest BCUT2D eigenvalue weighted by Gasteiger charge is 2.11. The Morgan fingerprint density at radius 2 is 2.17 bits per heavy atom. The van der Waals surface area contributed by atoms with Crippen molar-refractivity contribution in [2.75, 3.05) is 24.3 Å². The van der Waals surface area contributed by atoms with Crippen molar-refractivity contribution in [2.45, 2.75) is 6.54 Å². The average Bonchev–Trinajstić information content (AvgIpc) is 2.74. The first-order valence-corrected chi connectivity index (χ1v) is 5.74. The Labute approximate surface area is 110 Å². The van der Waals surface area contributed by atoms with Crippen LogP contribution in [0, 0.1) is 0 Å². The van der Waals surface area contributed by atoms with Crippen molar-refractivity contribution in [3.63, 3.8) is 0 Å². The highest BCUT2D eigenvalue weighted by Crippen LogP contribution is 2.13. The Morgan fingerprint density at radius 3 is 2.78 bits per heavy atom.